The molecule has 2 rings (SSSR count). The third-order valence-electron chi connectivity index (χ3n) is 4.14. The molecular weight excluding hydrogens is 280 g/mol. The lowest BCUT2D eigenvalue weighted by molar-refractivity contribution is 0.422. The van der Waals surface area contributed by atoms with Crippen molar-refractivity contribution in [3.05, 3.63) is 28.8 Å². The summed E-state index contributed by atoms with van der Waals surface area (Å²) in [6, 6.07) is 2.27. The van der Waals surface area contributed by atoms with Crippen LogP contribution >= 0.6 is 11.6 Å². The smallest absolute Gasteiger partial charge is 0.150 e. The summed E-state index contributed by atoms with van der Waals surface area (Å²) in [4.78, 5) is 0. The Hall–Kier alpha value is -0.830. The molecule has 1 N–H and O–H groups in total. The van der Waals surface area contributed by atoms with Gasteiger partial charge in [0.2, 0.25) is 0 Å². The van der Waals surface area contributed by atoms with E-state index in [0.29, 0.717) is 0 Å². The van der Waals surface area contributed by atoms with E-state index in [2.05, 4.69) is 12.2 Å². The molecule has 1 fully saturated rings. The molecule has 1 saturated carbocycles. The monoisotopic (exact) mass is 301 g/mol. The van der Waals surface area contributed by atoms with E-state index in [9.17, 15) is 8.78 Å². The van der Waals surface area contributed by atoms with Crippen molar-refractivity contribution in [1.82, 2.24) is 0 Å². The van der Waals surface area contributed by atoms with E-state index in [1.165, 1.54) is 25.7 Å². The van der Waals surface area contributed by atoms with E-state index in [0.717, 1.165) is 37.3 Å². The van der Waals surface area contributed by atoms with E-state index in [-0.39, 0.29) is 16.8 Å². The van der Waals surface area contributed by atoms with Crippen LogP contribution in [0.4, 0.5) is 14.5 Å². The van der Waals surface area contributed by atoms with Gasteiger partial charge in [0.05, 0.1) is 10.7 Å². The highest BCUT2D eigenvalue weighted by atomic mass is 35.5. The number of halogens is 3. The van der Waals surface area contributed by atoms with Crippen molar-refractivity contribution in [2.45, 2.75) is 57.9 Å². The Balaban J connectivity index is 2.00. The van der Waals surface area contributed by atoms with E-state index in [1.54, 1.807) is 0 Å². The fourth-order valence-electron chi connectivity index (χ4n) is 3.10. The molecule has 112 valence electrons. The molecule has 0 heterocycles. The maximum atomic E-state index is 13.8. The molecule has 1 aliphatic carbocycles. The summed E-state index contributed by atoms with van der Waals surface area (Å²) in [5.41, 5.74) is 0.243. The third-order valence-corrected chi connectivity index (χ3v) is 4.44. The van der Waals surface area contributed by atoms with Crippen LogP contribution in [0.15, 0.2) is 12.1 Å². The van der Waals surface area contributed by atoms with Gasteiger partial charge in [-0.05, 0) is 31.2 Å². The van der Waals surface area contributed by atoms with Crippen LogP contribution in [0.25, 0.3) is 0 Å². The van der Waals surface area contributed by atoms with Crippen LogP contribution in [0, 0.1) is 17.6 Å². The average molecular weight is 302 g/mol. The largest absolute Gasteiger partial charge is 0.379 e. The van der Waals surface area contributed by atoms with Gasteiger partial charge in [-0.25, -0.2) is 8.78 Å². The molecule has 0 spiro atoms. The molecule has 1 nitrogen and oxygen atoms in total. The van der Waals surface area contributed by atoms with Crippen LogP contribution in [0.3, 0.4) is 0 Å². The Morgan fingerprint density at radius 3 is 2.70 bits per heavy atom. The first-order valence-electron chi connectivity index (χ1n) is 7.51. The first-order chi connectivity index (χ1) is 9.60. The molecule has 1 aromatic carbocycles. The van der Waals surface area contributed by atoms with Gasteiger partial charge in [0.15, 0.2) is 5.82 Å². The van der Waals surface area contributed by atoms with Crippen molar-refractivity contribution in [3.63, 3.8) is 0 Å². The molecule has 0 aromatic heterocycles. The molecular formula is C16H22ClF2N. The summed E-state index contributed by atoms with van der Waals surface area (Å²) in [6.07, 6.45) is 8.13. The van der Waals surface area contributed by atoms with E-state index in [1.807, 2.05) is 0 Å². The second-order valence-corrected chi connectivity index (χ2v) is 6.16. The molecule has 1 aromatic rings. The average Bonchev–Trinajstić information content (AvgIpc) is 2.60. The lowest BCUT2D eigenvalue weighted by atomic mass is 9.95. The molecule has 0 aliphatic heterocycles. The van der Waals surface area contributed by atoms with Crippen LogP contribution in [0.1, 0.15) is 51.9 Å². The van der Waals surface area contributed by atoms with Gasteiger partial charge in [-0.15, -0.1) is 0 Å². The summed E-state index contributed by atoms with van der Waals surface area (Å²) in [5.74, 6) is -0.452. The Labute approximate surface area is 124 Å². The lowest BCUT2D eigenvalue weighted by Gasteiger charge is -2.19. The number of hydrogen-bond donors (Lipinski definition) is 1. The molecule has 0 amide bonds. The van der Waals surface area contributed by atoms with Gasteiger partial charge in [0.1, 0.15) is 5.82 Å². The first kappa shape index (κ1) is 15.6. The number of rotatable bonds is 4. The van der Waals surface area contributed by atoms with Gasteiger partial charge in [-0.1, -0.05) is 44.2 Å². The number of anilines is 1. The van der Waals surface area contributed by atoms with Gasteiger partial charge in [-0.2, -0.15) is 0 Å². The van der Waals surface area contributed by atoms with Gasteiger partial charge in [0.25, 0.3) is 0 Å². The van der Waals surface area contributed by atoms with Gasteiger partial charge in [-0.3, -0.25) is 0 Å². The predicted molar refractivity (Wildman–Crippen MR) is 80.3 cm³/mol. The lowest BCUT2D eigenvalue weighted by Crippen LogP contribution is -2.19. The minimum absolute atomic E-state index is 0.122. The summed E-state index contributed by atoms with van der Waals surface area (Å²) in [5, 5.41) is 3.30. The van der Waals surface area contributed by atoms with Crippen molar-refractivity contribution >= 4 is 17.3 Å². The molecule has 20 heavy (non-hydrogen) atoms. The fourth-order valence-corrected chi connectivity index (χ4v) is 3.35. The van der Waals surface area contributed by atoms with E-state index >= 15 is 0 Å². The standard InChI is InChI=1S/C16H22ClF2N/c1-2-4-11-5-3-6-13(8-7-11)20-16-14(17)9-12(18)10-15(16)19/h9-11,13,20H,2-8H2,1H3. The minimum atomic E-state index is -0.637. The zero-order valence-electron chi connectivity index (χ0n) is 11.9. The molecule has 4 heteroatoms. The SMILES string of the molecule is CCCC1CCCC(Nc2c(F)cc(F)cc2Cl)CC1. The Morgan fingerprint density at radius 1 is 1.20 bits per heavy atom. The summed E-state index contributed by atoms with van der Waals surface area (Å²) < 4.78 is 26.8. The number of hydrogen-bond acceptors (Lipinski definition) is 1. The van der Waals surface area contributed by atoms with E-state index in [4.69, 9.17) is 11.6 Å². The number of nitrogens with one attached hydrogen (secondary N) is 1. The van der Waals surface area contributed by atoms with Crippen molar-refractivity contribution in [1.29, 1.82) is 0 Å². The van der Waals surface area contributed by atoms with Crippen molar-refractivity contribution in [2.75, 3.05) is 5.32 Å². The first-order valence-corrected chi connectivity index (χ1v) is 7.89. The predicted octanol–water partition coefficient (Wildman–Crippen LogP) is 5.78. The maximum Gasteiger partial charge on any atom is 0.150 e. The normalized spacial score (nSPS) is 23.4. The second kappa shape index (κ2) is 7.26. The Morgan fingerprint density at radius 2 is 2.00 bits per heavy atom. The summed E-state index contributed by atoms with van der Waals surface area (Å²) >= 11 is 5.93. The Kier molecular flexibility index (Phi) is 5.64. The topological polar surface area (TPSA) is 12.0 Å². The Bertz CT molecular complexity index is 427. The molecule has 2 unspecified atom stereocenters. The molecule has 0 bridgehead atoms. The van der Waals surface area contributed by atoms with Crippen molar-refractivity contribution in [3.8, 4) is 0 Å². The van der Waals surface area contributed by atoms with Crippen molar-refractivity contribution < 1.29 is 8.78 Å². The molecule has 0 saturated heterocycles. The van der Waals surface area contributed by atoms with Crippen molar-refractivity contribution in [2.24, 2.45) is 5.92 Å². The molecule has 2 atom stereocenters. The zero-order chi connectivity index (χ0) is 14.5. The molecule has 0 radical (unpaired) electrons. The summed E-state index contributed by atoms with van der Waals surface area (Å²) in [6.45, 7) is 2.22. The quantitative estimate of drug-likeness (QED) is 0.695. The van der Waals surface area contributed by atoms with Crippen LogP contribution in [-0.4, -0.2) is 6.04 Å². The van der Waals surface area contributed by atoms with Gasteiger partial charge in [0, 0.05) is 12.1 Å². The third kappa shape index (κ3) is 4.08. The highest BCUT2D eigenvalue weighted by Gasteiger charge is 2.20. The van der Waals surface area contributed by atoms with Gasteiger partial charge >= 0.3 is 0 Å². The fraction of sp³-hybridized carbons (Fsp3) is 0.625. The minimum Gasteiger partial charge on any atom is -0.379 e. The van der Waals surface area contributed by atoms with Crippen LogP contribution in [0.2, 0.25) is 5.02 Å². The van der Waals surface area contributed by atoms with Crippen LogP contribution < -0.4 is 5.32 Å². The van der Waals surface area contributed by atoms with Crippen LogP contribution in [-0.2, 0) is 0 Å². The second-order valence-electron chi connectivity index (χ2n) is 5.75. The maximum absolute atomic E-state index is 13.8. The highest BCUT2D eigenvalue weighted by molar-refractivity contribution is 6.33. The number of benzene rings is 1. The van der Waals surface area contributed by atoms with Gasteiger partial charge < -0.3 is 5.32 Å². The molecule has 1 aliphatic rings. The van der Waals surface area contributed by atoms with Crippen LogP contribution in [0.5, 0.6) is 0 Å². The zero-order valence-corrected chi connectivity index (χ0v) is 12.6. The van der Waals surface area contributed by atoms with E-state index < -0.39 is 11.6 Å². The summed E-state index contributed by atoms with van der Waals surface area (Å²) in [7, 11) is 0. The highest BCUT2D eigenvalue weighted by Crippen LogP contribution is 2.32.